The minimum Gasteiger partial charge on any atom is -0.504 e. The standard InChI is InChI=1S/C21H25NO4/c1-12-14-5-6-18(24-2)21(26-4)16(14)11-22-8-7-13-9-17(23)19(25-3)10-15(13)20(12)22/h5-6,9-10,12,20,23H,7-8,11H2,1-4H3/t12-,20-/m1/s1. The summed E-state index contributed by atoms with van der Waals surface area (Å²) in [6.45, 7) is 4.04. The zero-order chi connectivity index (χ0) is 18.4. The van der Waals surface area contributed by atoms with Gasteiger partial charge in [0.1, 0.15) is 0 Å². The molecular formula is C21H25NO4. The number of phenolic OH excluding ortho intramolecular Hbond substituents is 1. The SMILES string of the molecule is COc1cc2c(cc1O)CCN1Cc3c(ccc(OC)c3OC)[C@@H](C)[C@H]21. The number of nitrogens with zero attached hydrogens (tertiary/aromatic N) is 1. The summed E-state index contributed by atoms with van der Waals surface area (Å²) in [5, 5.41) is 10.1. The van der Waals surface area contributed by atoms with E-state index in [1.165, 1.54) is 22.3 Å². The first-order valence-corrected chi connectivity index (χ1v) is 8.96. The fraction of sp³-hybridized carbons (Fsp3) is 0.429. The minimum atomic E-state index is 0.218. The molecule has 2 aromatic rings. The van der Waals surface area contributed by atoms with E-state index in [9.17, 15) is 5.11 Å². The third-order valence-electron chi connectivity index (χ3n) is 5.83. The summed E-state index contributed by atoms with van der Waals surface area (Å²) < 4.78 is 16.5. The Kier molecular flexibility index (Phi) is 4.19. The molecule has 0 aliphatic carbocycles. The third kappa shape index (κ3) is 2.42. The van der Waals surface area contributed by atoms with Gasteiger partial charge in [0.15, 0.2) is 23.0 Å². The zero-order valence-corrected chi connectivity index (χ0v) is 15.7. The molecule has 2 aromatic carbocycles. The van der Waals surface area contributed by atoms with E-state index in [0.717, 1.165) is 31.0 Å². The van der Waals surface area contributed by atoms with E-state index in [1.54, 1.807) is 21.3 Å². The second kappa shape index (κ2) is 6.40. The first-order valence-electron chi connectivity index (χ1n) is 8.96. The smallest absolute Gasteiger partial charge is 0.165 e. The molecule has 0 fully saturated rings. The van der Waals surface area contributed by atoms with Crippen molar-refractivity contribution < 1.29 is 19.3 Å². The molecule has 2 heterocycles. The number of hydrogen-bond donors (Lipinski definition) is 1. The van der Waals surface area contributed by atoms with Gasteiger partial charge in [-0.25, -0.2) is 0 Å². The summed E-state index contributed by atoms with van der Waals surface area (Å²) >= 11 is 0. The van der Waals surface area contributed by atoms with Crippen molar-refractivity contribution in [3.8, 4) is 23.0 Å². The van der Waals surface area contributed by atoms with E-state index < -0.39 is 0 Å². The number of ether oxygens (including phenoxy) is 3. The third-order valence-corrected chi connectivity index (χ3v) is 5.83. The summed E-state index contributed by atoms with van der Waals surface area (Å²) in [5.41, 5.74) is 4.97. The molecule has 0 aromatic heterocycles. The van der Waals surface area contributed by atoms with Crippen LogP contribution in [0.3, 0.4) is 0 Å². The molecule has 5 heteroatoms. The molecule has 0 radical (unpaired) electrons. The van der Waals surface area contributed by atoms with E-state index >= 15 is 0 Å². The lowest BCUT2D eigenvalue weighted by molar-refractivity contribution is 0.136. The van der Waals surface area contributed by atoms with Crippen molar-refractivity contribution in [1.29, 1.82) is 0 Å². The molecule has 0 bridgehead atoms. The summed E-state index contributed by atoms with van der Waals surface area (Å²) in [4.78, 5) is 2.49. The molecular weight excluding hydrogens is 330 g/mol. The molecule has 0 spiro atoms. The lowest BCUT2D eigenvalue weighted by atomic mass is 9.77. The summed E-state index contributed by atoms with van der Waals surface area (Å²) in [6.07, 6.45) is 0.914. The highest BCUT2D eigenvalue weighted by molar-refractivity contribution is 5.55. The highest BCUT2D eigenvalue weighted by atomic mass is 16.5. The topological polar surface area (TPSA) is 51.2 Å². The molecule has 4 rings (SSSR count). The molecule has 26 heavy (non-hydrogen) atoms. The maximum absolute atomic E-state index is 10.1. The number of benzene rings is 2. The Morgan fingerprint density at radius 3 is 2.46 bits per heavy atom. The highest BCUT2D eigenvalue weighted by Gasteiger charge is 2.39. The van der Waals surface area contributed by atoms with Gasteiger partial charge < -0.3 is 19.3 Å². The molecule has 138 valence electrons. The van der Waals surface area contributed by atoms with Crippen LogP contribution in [0.5, 0.6) is 23.0 Å². The molecule has 2 atom stereocenters. The Morgan fingerprint density at radius 1 is 1.00 bits per heavy atom. The lowest BCUT2D eigenvalue weighted by Crippen LogP contribution is -2.41. The van der Waals surface area contributed by atoms with E-state index in [2.05, 4.69) is 17.9 Å². The quantitative estimate of drug-likeness (QED) is 0.911. The van der Waals surface area contributed by atoms with Gasteiger partial charge in [-0.2, -0.15) is 0 Å². The Balaban J connectivity index is 1.83. The van der Waals surface area contributed by atoms with Crippen molar-refractivity contribution >= 4 is 0 Å². The van der Waals surface area contributed by atoms with Gasteiger partial charge in [-0.15, -0.1) is 0 Å². The predicted octanol–water partition coefficient (Wildman–Crippen LogP) is 3.63. The Labute approximate surface area is 154 Å². The Morgan fingerprint density at radius 2 is 1.77 bits per heavy atom. The van der Waals surface area contributed by atoms with Crippen LogP contribution in [-0.2, 0) is 13.0 Å². The van der Waals surface area contributed by atoms with Crippen molar-refractivity contribution in [3.05, 3.63) is 46.5 Å². The van der Waals surface area contributed by atoms with Crippen LogP contribution < -0.4 is 14.2 Å². The van der Waals surface area contributed by atoms with Crippen LogP contribution >= 0.6 is 0 Å². The van der Waals surface area contributed by atoms with Crippen LogP contribution in [0.2, 0.25) is 0 Å². The summed E-state index contributed by atoms with van der Waals surface area (Å²) in [5.74, 6) is 2.67. The van der Waals surface area contributed by atoms with E-state index in [0.29, 0.717) is 11.7 Å². The molecule has 0 saturated heterocycles. The van der Waals surface area contributed by atoms with Crippen molar-refractivity contribution in [2.45, 2.75) is 31.8 Å². The number of phenols is 1. The maximum atomic E-state index is 10.1. The van der Waals surface area contributed by atoms with Gasteiger partial charge in [-0.05, 0) is 41.3 Å². The second-order valence-electron chi connectivity index (χ2n) is 7.05. The minimum absolute atomic E-state index is 0.218. The van der Waals surface area contributed by atoms with E-state index in [4.69, 9.17) is 14.2 Å². The molecule has 2 aliphatic rings. The first kappa shape index (κ1) is 17.0. The largest absolute Gasteiger partial charge is 0.504 e. The molecule has 2 aliphatic heterocycles. The fourth-order valence-electron chi connectivity index (χ4n) is 4.61. The Hall–Kier alpha value is -2.40. The van der Waals surface area contributed by atoms with Crippen LogP contribution in [0, 0.1) is 0 Å². The maximum Gasteiger partial charge on any atom is 0.165 e. The van der Waals surface area contributed by atoms with Crippen LogP contribution in [0.4, 0.5) is 0 Å². The van der Waals surface area contributed by atoms with Crippen LogP contribution in [0.25, 0.3) is 0 Å². The average molecular weight is 355 g/mol. The van der Waals surface area contributed by atoms with Gasteiger partial charge in [0.05, 0.1) is 21.3 Å². The average Bonchev–Trinajstić information content (AvgIpc) is 2.66. The van der Waals surface area contributed by atoms with Crippen LogP contribution in [0.15, 0.2) is 24.3 Å². The van der Waals surface area contributed by atoms with E-state index in [1.807, 2.05) is 18.2 Å². The highest BCUT2D eigenvalue weighted by Crippen LogP contribution is 2.50. The molecule has 0 amide bonds. The van der Waals surface area contributed by atoms with Gasteiger partial charge in [-0.1, -0.05) is 13.0 Å². The summed E-state index contributed by atoms with van der Waals surface area (Å²) in [7, 11) is 4.97. The van der Waals surface area contributed by atoms with Crippen molar-refractivity contribution in [2.24, 2.45) is 0 Å². The molecule has 0 saturated carbocycles. The predicted molar refractivity (Wildman–Crippen MR) is 99.5 cm³/mol. The van der Waals surface area contributed by atoms with Crippen LogP contribution in [0.1, 0.15) is 41.1 Å². The summed E-state index contributed by atoms with van der Waals surface area (Å²) in [6, 6.07) is 8.28. The fourth-order valence-corrected chi connectivity index (χ4v) is 4.61. The number of methoxy groups -OCH3 is 3. The molecule has 1 N–H and O–H groups in total. The van der Waals surface area contributed by atoms with E-state index in [-0.39, 0.29) is 11.8 Å². The van der Waals surface area contributed by atoms with Gasteiger partial charge in [-0.3, -0.25) is 4.90 Å². The number of aromatic hydroxyl groups is 1. The number of rotatable bonds is 3. The number of hydrogen-bond acceptors (Lipinski definition) is 5. The molecule has 5 nitrogen and oxygen atoms in total. The lowest BCUT2D eigenvalue weighted by Gasteiger charge is -2.45. The van der Waals surface area contributed by atoms with Crippen molar-refractivity contribution in [2.75, 3.05) is 27.9 Å². The Bertz CT molecular complexity index is 848. The van der Waals surface area contributed by atoms with Gasteiger partial charge in [0.25, 0.3) is 0 Å². The normalized spacial score (nSPS) is 21.4. The van der Waals surface area contributed by atoms with Crippen LogP contribution in [-0.4, -0.2) is 37.9 Å². The second-order valence-corrected chi connectivity index (χ2v) is 7.05. The van der Waals surface area contributed by atoms with Gasteiger partial charge >= 0.3 is 0 Å². The number of fused-ring (bicyclic) bond motifs is 4. The molecule has 0 unspecified atom stereocenters. The van der Waals surface area contributed by atoms with Crippen molar-refractivity contribution in [1.82, 2.24) is 4.90 Å². The van der Waals surface area contributed by atoms with Crippen molar-refractivity contribution in [3.63, 3.8) is 0 Å². The zero-order valence-electron chi connectivity index (χ0n) is 15.7. The monoisotopic (exact) mass is 355 g/mol. The first-order chi connectivity index (χ1) is 12.6. The van der Waals surface area contributed by atoms with Gasteiger partial charge in [0.2, 0.25) is 0 Å². The van der Waals surface area contributed by atoms with Gasteiger partial charge in [0, 0.05) is 30.6 Å².